The number of benzene rings is 3. The molecule has 0 radical (unpaired) electrons. The zero-order chi connectivity index (χ0) is 23.9. The first-order valence-electron chi connectivity index (χ1n) is 10.5. The summed E-state index contributed by atoms with van der Waals surface area (Å²) in [5, 5.41) is 15.8. The fourth-order valence-corrected chi connectivity index (χ4v) is 5.62. The average molecular weight is 530 g/mol. The molecule has 1 aromatic heterocycles. The van der Waals surface area contributed by atoms with Gasteiger partial charge in [0.05, 0.1) is 11.5 Å². The van der Waals surface area contributed by atoms with E-state index in [1.165, 1.54) is 11.8 Å². The normalized spacial score (nSPS) is 11.0. The van der Waals surface area contributed by atoms with E-state index in [9.17, 15) is 4.79 Å². The van der Waals surface area contributed by atoms with Gasteiger partial charge in [0.2, 0.25) is 5.91 Å². The van der Waals surface area contributed by atoms with Crippen LogP contribution in [0.1, 0.15) is 11.4 Å². The number of halogens is 2. The SMILES string of the molecule is C=CCn1c(CSCc2ccc(Cl)cc2Cl)nnc1SCC(=O)Nc1ccc2ccccc2c1. The third-order valence-electron chi connectivity index (χ3n) is 4.97. The number of carbonyl (C=O) groups is 1. The van der Waals surface area contributed by atoms with Gasteiger partial charge in [-0.05, 0) is 40.6 Å². The molecule has 3 aromatic carbocycles. The Morgan fingerprint density at radius 1 is 1.03 bits per heavy atom. The predicted octanol–water partition coefficient (Wildman–Crippen LogP) is 7.09. The van der Waals surface area contributed by atoms with Crippen LogP contribution in [0.4, 0.5) is 5.69 Å². The topological polar surface area (TPSA) is 59.8 Å². The lowest BCUT2D eigenvalue weighted by Gasteiger charge is -2.09. The Hall–Kier alpha value is -2.45. The summed E-state index contributed by atoms with van der Waals surface area (Å²) in [4.78, 5) is 12.5. The number of aromatic nitrogens is 3. The van der Waals surface area contributed by atoms with Crippen LogP contribution in [0.2, 0.25) is 10.0 Å². The first-order valence-corrected chi connectivity index (χ1v) is 13.4. The van der Waals surface area contributed by atoms with Crippen molar-refractivity contribution in [2.45, 2.75) is 23.2 Å². The van der Waals surface area contributed by atoms with Gasteiger partial charge in [0.25, 0.3) is 0 Å². The van der Waals surface area contributed by atoms with Crippen LogP contribution in [0.15, 0.2) is 78.5 Å². The highest BCUT2D eigenvalue weighted by Crippen LogP contribution is 2.27. The van der Waals surface area contributed by atoms with E-state index in [2.05, 4.69) is 22.1 Å². The summed E-state index contributed by atoms with van der Waals surface area (Å²) >= 11 is 15.3. The van der Waals surface area contributed by atoms with Gasteiger partial charge in [-0.2, -0.15) is 0 Å². The number of nitrogens with zero attached hydrogens (tertiary/aromatic N) is 3. The van der Waals surface area contributed by atoms with E-state index in [4.69, 9.17) is 23.2 Å². The summed E-state index contributed by atoms with van der Waals surface area (Å²) in [7, 11) is 0. The van der Waals surface area contributed by atoms with Crippen molar-refractivity contribution < 1.29 is 4.79 Å². The molecular weight excluding hydrogens is 507 g/mol. The number of rotatable bonds is 10. The number of anilines is 1. The van der Waals surface area contributed by atoms with Crippen LogP contribution in [-0.4, -0.2) is 26.4 Å². The highest BCUT2D eigenvalue weighted by molar-refractivity contribution is 7.99. The first kappa shape index (κ1) is 24.7. The molecule has 9 heteroatoms. The second kappa shape index (κ2) is 11.8. The fourth-order valence-electron chi connectivity index (χ4n) is 3.33. The Labute approximate surface area is 216 Å². The maximum absolute atomic E-state index is 12.5. The molecule has 174 valence electrons. The molecule has 1 amide bonds. The minimum atomic E-state index is -0.0956. The largest absolute Gasteiger partial charge is 0.325 e. The van der Waals surface area contributed by atoms with E-state index < -0.39 is 0 Å². The van der Waals surface area contributed by atoms with Gasteiger partial charge in [-0.25, -0.2) is 0 Å². The average Bonchev–Trinajstić information content (AvgIpc) is 3.21. The van der Waals surface area contributed by atoms with Crippen LogP contribution in [0.25, 0.3) is 10.8 Å². The molecule has 0 saturated carbocycles. The minimum absolute atomic E-state index is 0.0956. The van der Waals surface area contributed by atoms with E-state index >= 15 is 0 Å². The molecule has 4 aromatic rings. The van der Waals surface area contributed by atoms with Crippen LogP contribution < -0.4 is 5.32 Å². The Kier molecular flexibility index (Phi) is 8.56. The smallest absolute Gasteiger partial charge is 0.234 e. The number of allylic oxidation sites excluding steroid dienone is 1. The standard InChI is InChI=1S/C25H22Cl2N4OS2/c1-2-11-31-23(15-33-14-19-7-9-20(26)13-22(19)27)29-30-25(31)34-16-24(32)28-21-10-8-17-5-3-4-6-18(17)12-21/h2-10,12-13H,1,11,14-16H2,(H,28,32). The third kappa shape index (κ3) is 6.36. The fraction of sp³-hybridized carbons (Fsp3) is 0.160. The zero-order valence-corrected chi connectivity index (χ0v) is 21.4. The highest BCUT2D eigenvalue weighted by atomic mass is 35.5. The highest BCUT2D eigenvalue weighted by Gasteiger charge is 2.14. The Morgan fingerprint density at radius 3 is 2.65 bits per heavy atom. The number of hydrogen-bond donors (Lipinski definition) is 1. The number of fused-ring (bicyclic) bond motifs is 1. The van der Waals surface area contributed by atoms with Gasteiger partial charge in [0.1, 0.15) is 5.82 Å². The predicted molar refractivity (Wildman–Crippen MR) is 145 cm³/mol. The van der Waals surface area contributed by atoms with Gasteiger partial charge in [0, 0.05) is 28.0 Å². The first-order chi connectivity index (χ1) is 16.5. The molecule has 0 atom stereocenters. The van der Waals surface area contributed by atoms with Crippen LogP contribution in [0, 0.1) is 0 Å². The van der Waals surface area contributed by atoms with E-state index in [-0.39, 0.29) is 11.7 Å². The number of nitrogens with one attached hydrogen (secondary N) is 1. The lowest BCUT2D eigenvalue weighted by Crippen LogP contribution is -2.14. The number of amides is 1. The third-order valence-corrected chi connectivity index (χ3v) is 7.51. The number of hydrogen-bond acceptors (Lipinski definition) is 5. The molecule has 4 rings (SSSR count). The van der Waals surface area contributed by atoms with Gasteiger partial charge in [0.15, 0.2) is 5.16 Å². The molecule has 0 unspecified atom stereocenters. The molecule has 0 bridgehead atoms. The van der Waals surface area contributed by atoms with Crippen molar-refractivity contribution in [2.75, 3.05) is 11.1 Å². The molecule has 0 fully saturated rings. The molecule has 0 aliphatic carbocycles. The summed E-state index contributed by atoms with van der Waals surface area (Å²) in [6, 6.07) is 19.4. The van der Waals surface area contributed by atoms with Crippen LogP contribution >= 0.6 is 46.7 Å². The van der Waals surface area contributed by atoms with Crippen LogP contribution in [0.3, 0.4) is 0 Å². The molecule has 1 N–H and O–H groups in total. The second-order valence-electron chi connectivity index (χ2n) is 7.43. The Balaban J connectivity index is 1.34. The lowest BCUT2D eigenvalue weighted by atomic mass is 10.1. The lowest BCUT2D eigenvalue weighted by molar-refractivity contribution is -0.113. The second-order valence-corrected chi connectivity index (χ2v) is 10.2. The zero-order valence-electron chi connectivity index (χ0n) is 18.2. The number of carbonyl (C=O) groups excluding carboxylic acids is 1. The van der Waals surface area contributed by atoms with E-state index in [1.54, 1.807) is 23.9 Å². The van der Waals surface area contributed by atoms with Gasteiger partial charge in [-0.1, -0.05) is 77.4 Å². The van der Waals surface area contributed by atoms with Gasteiger partial charge in [-0.3, -0.25) is 4.79 Å². The van der Waals surface area contributed by atoms with Gasteiger partial charge in [-0.15, -0.1) is 28.5 Å². The van der Waals surface area contributed by atoms with Crippen molar-refractivity contribution in [3.63, 3.8) is 0 Å². The summed E-state index contributed by atoms with van der Waals surface area (Å²) < 4.78 is 1.98. The summed E-state index contributed by atoms with van der Waals surface area (Å²) in [6.45, 7) is 4.41. The maximum Gasteiger partial charge on any atom is 0.234 e. The van der Waals surface area contributed by atoms with Crippen molar-refractivity contribution in [1.29, 1.82) is 0 Å². The minimum Gasteiger partial charge on any atom is -0.325 e. The molecule has 0 saturated heterocycles. The molecule has 0 aliphatic rings. The van der Waals surface area contributed by atoms with Crippen molar-refractivity contribution >= 4 is 69.1 Å². The molecule has 0 spiro atoms. The Bertz CT molecular complexity index is 1330. The van der Waals surface area contributed by atoms with Crippen LogP contribution in [-0.2, 0) is 22.8 Å². The number of thioether (sulfide) groups is 2. The molecule has 0 aliphatic heterocycles. The summed E-state index contributed by atoms with van der Waals surface area (Å²) in [5.74, 6) is 2.35. The monoisotopic (exact) mass is 528 g/mol. The van der Waals surface area contributed by atoms with Gasteiger partial charge < -0.3 is 9.88 Å². The molecular formula is C25H22Cl2N4OS2. The summed E-state index contributed by atoms with van der Waals surface area (Å²) in [6.07, 6.45) is 1.80. The molecule has 1 heterocycles. The summed E-state index contributed by atoms with van der Waals surface area (Å²) in [5.41, 5.74) is 1.79. The Morgan fingerprint density at radius 2 is 1.85 bits per heavy atom. The molecule has 5 nitrogen and oxygen atoms in total. The van der Waals surface area contributed by atoms with Crippen molar-refractivity contribution in [3.05, 3.63) is 94.8 Å². The molecule has 34 heavy (non-hydrogen) atoms. The van der Waals surface area contributed by atoms with Gasteiger partial charge >= 0.3 is 0 Å². The van der Waals surface area contributed by atoms with E-state index in [1.807, 2.05) is 59.2 Å². The van der Waals surface area contributed by atoms with Crippen molar-refractivity contribution in [2.24, 2.45) is 0 Å². The van der Waals surface area contributed by atoms with Crippen molar-refractivity contribution in [3.8, 4) is 0 Å². The maximum atomic E-state index is 12.5. The quantitative estimate of drug-likeness (QED) is 0.176. The van der Waals surface area contributed by atoms with E-state index in [0.29, 0.717) is 27.5 Å². The van der Waals surface area contributed by atoms with E-state index in [0.717, 1.165) is 33.6 Å². The van der Waals surface area contributed by atoms with Crippen LogP contribution in [0.5, 0.6) is 0 Å². The van der Waals surface area contributed by atoms with Crippen molar-refractivity contribution in [1.82, 2.24) is 14.8 Å².